The van der Waals surface area contributed by atoms with Gasteiger partial charge < -0.3 is 5.11 Å². The van der Waals surface area contributed by atoms with Crippen molar-refractivity contribution in [2.24, 2.45) is 0 Å². The molecule has 0 saturated carbocycles. The van der Waals surface area contributed by atoms with Gasteiger partial charge in [0.25, 0.3) is 0 Å². The summed E-state index contributed by atoms with van der Waals surface area (Å²) in [6.45, 7) is 6.68. The second kappa shape index (κ2) is 5.93. The molecule has 0 heterocycles. The molecule has 0 radical (unpaired) electrons. The van der Waals surface area contributed by atoms with E-state index in [2.05, 4.69) is 26.8 Å². The molecule has 1 N–H and O–H groups in total. The minimum absolute atomic E-state index is 0.168. The molecular weight excluding hydrogens is 196 g/mol. The van der Waals surface area contributed by atoms with Crippen LogP contribution in [0.1, 0.15) is 58.4 Å². The monoisotopic (exact) mass is 220 g/mol. The first kappa shape index (κ1) is 13.1. The van der Waals surface area contributed by atoms with Crippen LogP contribution in [0.4, 0.5) is 0 Å². The Balaban J connectivity index is 3.05. The lowest BCUT2D eigenvalue weighted by molar-refractivity contribution is 0.336. The second-order valence-electron chi connectivity index (χ2n) is 4.61. The zero-order chi connectivity index (χ0) is 12.0. The summed E-state index contributed by atoms with van der Waals surface area (Å²) in [5, 5.41) is 10.0. The van der Waals surface area contributed by atoms with E-state index < -0.39 is 0 Å². The molecule has 16 heavy (non-hydrogen) atoms. The molecule has 0 atom stereocenters. The Morgan fingerprint density at radius 1 is 1.06 bits per heavy atom. The van der Waals surface area contributed by atoms with Gasteiger partial charge in [0.05, 0.1) is 0 Å². The topological polar surface area (TPSA) is 20.2 Å². The standard InChI is InChI=1S/C15H24O/c1-4-7-12-15(5-2,6-3)13-10-8-9-11-14(13)16/h8-11,16H,4-7,12H2,1-3H3. The molecule has 1 rings (SSSR count). The van der Waals surface area contributed by atoms with Gasteiger partial charge in [0.2, 0.25) is 0 Å². The minimum atomic E-state index is 0.168. The van der Waals surface area contributed by atoms with Gasteiger partial charge in [0.15, 0.2) is 0 Å². The van der Waals surface area contributed by atoms with E-state index in [9.17, 15) is 5.11 Å². The number of rotatable bonds is 6. The first-order valence-corrected chi connectivity index (χ1v) is 6.48. The van der Waals surface area contributed by atoms with Gasteiger partial charge in [-0.2, -0.15) is 0 Å². The average molecular weight is 220 g/mol. The van der Waals surface area contributed by atoms with Gasteiger partial charge in [-0.25, -0.2) is 0 Å². The number of aromatic hydroxyl groups is 1. The highest BCUT2D eigenvalue weighted by Gasteiger charge is 2.29. The van der Waals surface area contributed by atoms with Crippen molar-refractivity contribution >= 4 is 0 Å². The Morgan fingerprint density at radius 2 is 1.69 bits per heavy atom. The van der Waals surface area contributed by atoms with E-state index in [1.54, 1.807) is 6.07 Å². The van der Waals surface area contributed by atoms with Crippen molar-refractivity contribution in [3.8, 4) is 5.75 Å². The molecule has 0 aliphatic rings. The van der Waals surface area contributed by atoms with Crippen molar-refractivity contribution in [1.29, 1.82) is 0 Å². The molecule has 1 heteroatoms. The largest absolute Gasteiger partial charge is 0.508 e. The summed E-state index contributed by atoms with van der Waals surface area (Å²) in [4.78, 5) is 0. The van der Waals surface area contributed by atoms with E-state index in [1.807, 2.05) is 12.1 Å². The number of phenols is 1. The third kappa shape index (κ3) is 2.58. The van der Waals surface area contributed by atoms with Gasteiger partial charge in [-0.3, -0.25) is 0 Å². The lowest BCUT2D eigenvalue weighted by Crippen LogP contribution is -2.24. The molecular formula is C15H24O. The molecule has 0 amide bonds. The molecule has 90 valence electrons. The summed E-state index contributed by atoms with van der Waals surface area (Å²) in [6.07, 6.45) is 5.82. The van der Waals surface area contributed by atoms with Crippen LogP contribution in [0.5, 0.6) is 5.75 Å². The predicted octanol–water partition coefficient (Wildman–Crippen LogP) is 4.64. The van der Waals surface area contributed by atoms with Crippen molar-refractivity contribution in [3.05, 3.63) is 29.8 Å². The quantitative estimate of drug-likeness (QED) is 0.740. The van der Waals surface area contributed by atoms with Crippen molar-refractivity contribution in [2.75, 3.05) is 0 Å². The smallest absolute Gasteiger partial charge is 0.119 e. The highest BCUT2D eigenvalue weighted by atomic mass is 16.3. The molecule has 0 fully saturated rings. The van der Waals surface area contributed by atoms with Crippen LogP contribution in [0, 0.1) is 0 Å². The fourth-order valence-electron chi connectivity index (χ4n) is 2.56. The fourth-order valence-corrected chi connectivity index (χ4v) is 2.56. The molecule has 0 spiro atoms. The average Bonchev–Trinajstić information content (AvgIpc) is 2.33. The zero-order valence-electron chi connectivity index (χ0n) is 10.8. The maximum Gasteiger partial charge on any atom is 0.119 e. The molecule has 0 saturated heterocycles. The van der Waals surface area contributed by atoms with Gasteiger partial charge in [-0.1, -0.05) is 51.8 Å². The minimum Gasteiger partial charge on any atom is -0.508 e. The summed E-state index contributed by atoms with van der Waals surface area (Å²) in [7, 11) is 0. The Labute approximate surface area is 99.5 Å². The predicted molar refractivity (Wildman–Crippen MR) is 69.9 cm³/mol. The van der Waals surface area contributed by atoms with Crippen molar-refractivity contribution in [3.63, 3.8) is 0 Å². The number of para-hydroxylation sites is 1. The summed E-state index contributed by atoms with van der Waals surface area (Å²) < 4.78 is 0. The lowest BCUT2D eigenvalue weighted by atomic mass is 9.72. The van der Waals surface area contributed by atoms with Crippen molar-refractivity contribution < 1.29 is 5.11 Å². The third-order valence-electron chi connectivity index (χ3n) is 3.84. The first-order valence-electron chi connectivity index (χ1n) is 6.48. The molecule has 1 nitrogen and oxygen atoms in total. The maximum atomic E-state index is 10.0. The van der Waals surface area contributed by atoms with Gasteiger partial charge in [-0.15, -0.1) is 0 Å². The molecule has 0 aliphatic heterocycles. The van der Waals surface area contributed by atoms with Crippen LogP contribution in [-0.2, 0) is 5.41 Å². The van der Waals surface area contributed by atoms with E-state index in [-0.39, 0.29) is 5.41 Å². The number of unbranched alkanes of at least 4 members (excludes halogenated alkanes) is 1. The third-order valence-corrected chi connectivity index (χ3v) is 3.84. The number of hydrogen-bond acceptors (Lipinski definition) is 1. The molecule has 1 aromatic carbocycles. The maximum absolute atomic E-state index is 10.0. The lowest BCUT2D eigenvalue weighted by Gasteiger charge is -2.33. The molecule has 0 aromatic heterocycles. The SMILES string of the molecule is CCCCC(CC)(CC)c1ccccc1O. The highest BCUT2D eigenvalue weighted by Crippen LogP contribution is 2.40. The van der Waals surface area contributed by atoms with E-state index >= 15 is 0 Å². The van der Waals surface area contributed by atoms with Crippen LogP contribution >= 0.6 is 0 Å². The van der Waals surface area contributed by atoms with E-state index in [1.165, 1.54) is 19.3 Å². The summed E-state index contributed by atoms with van der Waals surface area (Å²) in [6, 6.07) is 7.81. The van der Waals surface area contributed by atoms with E-state index in [4.69, 9.17) is 0 Å². The number of benzene rings is 1. The van der Waals surface area contributed by atoms with Crippen LogP contribution in [0.25, 0.3) is 0 Å². The molecule has 0 bridgehead atoms. The Morgan fingerprint density at radius 3 is 2.19 bits per heavy atom. The Bertz CT molecular complexity index is 313. The molecule has 0 unspecified atom stereocenters. The van der Waals surface area contributed by atoms with Gasteiger partial charge in [-0.05, 0) is 30.7 Å². The van der Waals surface area contributed by atoms with Crippen LogP contribution < -0.4 is 0 Å². The Kier molecular flexibility index (Phi) is 4.85. The van der Waals surface area contributed by atoms with Crippen LogP contribution in [0.3, 0.4) is 0 Å². The van der Waals surface area contributed by atoms with Gasteiger partial charge in [0.1, 0.15) is 5.75 Å². The van der Waals surface area contributed by atoms with Crippen molar-refractivity contribution in [1.82, 2.24) is 0 Å². The zero-order valence-corrected chi connectivity index (χ0v) is 10.8. The fraction of sp³-hybridized carbons (Fsp3) is 0.600. The van der Waals surface area contributed by atoms with Gasteiger partial charge in [0, 0.05) is 5.56 Å². The van der Waals surface area contributed by atoms with E-state index in [0.717, 1.165) is 18.4 Å². The van der Waals surface area contributed by atoms with Crippen LogP contribution in [0.2, 0.25) is 0 Å². The Hall–Kier alpha value is -0.980. The molecule has 0 aliphatic carbocycles. The highest BCUT2D eigenvalue weighted by molar-refractivity contribution is 5.38. The normalized spacial score (nSPS) is 11.7. The number of hydrogen-bond donors (Lipinski definition) is 1. The second-order valence-corrected chi connectivity index (χ2v) is 4.61. The van der Waals surface area contributed by atoms with Crippen LogP contribution in [-0.4, -0.2) is 5.11 Å². The molecule has 1 aromatic rings. The first-order chi connectivity index (χ1) is 7.70. The summed E-state index contributed by atoms with van der Waals surface area (Å²) >= 11 is 0. The van der Waals surface area contributed by atoms with Crippen molar-refractivity contribution in [2.45, 2.75) is 58.3 Å². The van der Waals surface area contributed by atoms with Crippen LogP contribution in [0.15, 0.2) is 24.3 Å². The van der Waals surface area contributed by atoms with Gasteiger partial charge >= 0.3 is 0 Å². The summed E-state index contributed by atoms with van der Waals surface area (Å²) in [5.74, 6) is 0.460. The number of phenolic OH excluding ortho intramolecular Hbond substituents is 1. The summed E-state index contributed by atoms with van der Waals surface area (Å²) in [5.41, 5.74) is 1.30. The van der Waals surface area contributed by atoms with E-state index in [0.29, 0.717) is 5.75 Å².